The lowest BCUT2D eigenvalue weighted by atomic mass is 10.2. The lowest BCUT2D eigenvalue weighted by molar-refractivity contribution is 0.0733. The summed E-state index contributed by atoms with van der Waals surface area (Å²) in [5.41, 5.74) is 0.358. The summed E-state index contributed by atoms with van der Waals surface area (Å²) in [5.74, 6) is -0.230. The monoisotopic (exact) mass is 277 g/mol. The zero-order valence-electron chi connectivity index (χ0n) is 9.06. The van der Waals surface area contributed by atoms with Crippen molar-refractivity contribution in [1.82, 2.24) is 15.6 Å². The van der Waals surface area contributed by atoms with Crippen LogP contribution in [0.2, 0.25) is 10.2 Å². The molecular formula is C10H13Cl2N3O2. The van der Waals surface area contributed by atoms with Crippen LogP contribution < -0.4 is 10.6 Å². The predicted molar refractivity (Wildman–Crippen MR) is 65.8 cm³/mol. The molecule has 7 heteroatoms. The zero-order valence-corrected chi connectivity index (χ0v) is 10.6. The molecule has 1 aromatic heterocycles. The van der Waals surface area contributed by atoms with Gasteiger partial charge in [0.2, 0.25) is 0 Å². The zero-order chi connectivity index (χ0) is 12.3. The second-order valence-corrected chi connectivity index (χ2v) is 4.57. The molecule has 1 unspecified atom stereocenters. The minimum Gasteiger partial charge on any atom is -0.378 e. The molecule has 0 radical (unpaired) electrons. The molecule has 5 nitrogen and oxygen atoms in total. The van der Waals surface area contributed by atoms with Crippen molar-refractivity contribution in [2.45, 2.75) is 6.04 Å². The van der Waals surface area contributed by atoms with Crippen LogP contribution in [-0.4, -0.2) is 43.2 Å². The summed E-state index contributed by atoms with van der Waals surface area (Å²) in [6.07, 6.45) is 0. The third-order valence-electron chi connectivity index (χ3n) is 2.48. The van der Waals surface area contributed by atoms with Gasteiger partial charge in [0, 0.05) is 19.1 Å². The van der Waals surface area contributed by atoms with Crippen LogP contribution >= 0.6 is 23.2 Å². The Balaban J connectivity index is 1.84. The van der Waals surface area contributed by atoms with E-state index in [1.54, 1.807) is 0 Å². The highest BCUT2D eigenvalue weighted by Gasteiger charge is 2.16. The van der Waals surface area contributed by atoms with E-state index in [9.17, 15) is 4.79 Å². The van der Waals surface area contributed by atoms with Crippen LogP contribution in [0.15, 0.2) is 6.07 Å². The van der Waals surface area contributed by atoms with Crippen molar-refractivity contribution in [1.29, 1.82) is 0 Å². The molecule has 0 saturated carbocycles. The van der Waals surface area contributed by atoms with Gasteiger partial charge in [-0.2, -0.15) is 0 Å². The molecule has 1 aromatic rings. The number of ether oxygens (including phenoxy) is 1. The molecule has 0 aliphatic carbocycles. The number of morpholine rings is 1. The molecule has 1 fully saturated rings. The highest BCUT2D eigenvalue weighted by molar-refractivity contribution is 6.41. The Morgan fingerprint density at radius 1 is 1.59 bits per heavy atom. The van der Waals surface area contributed by atoms with Gasteiger partial charge in [-0.05, 0) is 6.07 Å². The molecule has 0 spiro atoms. The predicted octanol–water partition coefficient (Wildman–Crippen LogP) is 1.04. The van der Waals surface area contributed by atoms with E-state index in [1.807, 2.05) is 0 Å². The molecule has 2 rings (SSSR count). The topological polar surface area (TPSA) is 66.2 Å². The van der Waals surface area contributed by atoms with Gasteiger partial charge in [0.05, 0.1) is 18.2 Å². The lowest BCUT2D eigenvalue weighted by Crippen LogP contribution is -2.48. The van der Waals surface area contributed by atoms with E-state index in [2.05, 4.69) is 15.6 Å². The van der Waals surface area contributed by atoms with E-state index in [4.69, 9.17) is 27.9 Å². The number of carbonyl (C=O) groups excluding carboxylic acids is 1. The molecule has 1 amide bonds. The third kappa shape index (κ3) is 3.35. The SMILES string of the molecule is O=C(NCC1COCCN1)c1cc(Cl)c(Cl)[nH]1. The summed E-state index contributed by atoms with van der Waals surface area (Å²) < 4.78 is 5.28. The molecular weight excluding hydrogens is 265 g/mol. The third-order valence-corrected chi connectivity index (χ3v) is 3.17. The summed E-state index contributed by atoms with van der Waals surface area (Å²) in [6, 6.07) is 1.65. The van der Waals surface area contributed by atoms with Crippen molar-refractivity contribution in [2.24, 2.45) is 0 Å². The van der Waals surface area contributed by atoms with Crippen LogP contribution in [0.25, 0.3) is 0 Å². The Labute approximate surface area is 109 Å². The summed E-state index contributed by atoms with van der Waals surface area (Å²) in [7, 11) is 0. The van der Waals surface area contributed by atoms with Crippen molar-refractivity contribution >= 4 is 29.1 Å². The Bertz CT molecular complexity index is 383. The maximum atomic E-state index is 11.7. The molecule has 1 atom stereocenters. The number of hydrogen-bond donors (Lipinski definition) is 3. The number of hydrogen-bond acceptors (Lipinski definition) is 3. The molecule has 94 valence electrons. The molecule has 1 saturated heterocycles. The summed E-state index contributed by atoms with van der Waals surface area (Å²) in [4.78, 5) is 14.4. The van der Waals surface area contributed by atoms with Gasteiger partial charge in [-0.15, -0.1) is 0 Å². The molecule has 1 aliphatic rings. The number of carbonyl (C=O) groups is 1. The fourth-order valence-corrected chi connectivity index (χ4v) is 1.90. The summed E-state index contributed by atoms with van der Waals surface area (Å²) >= 11 is 11.5. The van der Waals surface area contributed by atoms with Crippen LogP contribution in [0.4, 0.5) is 0 Å². The van der Waals surface area contributed by atoms with Crippen molar-refractivity contribution in [3.05, 3.63) is 21.9 Å². The number of rotatable bonds is 3. The van der Waals surface area contributed by atoms with Crippen LogP contribution in [0.5, 0.6) is 0 Å². The maximum Gasteiger partial charge on any atom is 0.267 e. The van der Waals surface area contributed by atoms with E-state index < -0.39 is 0 Å². The minimum atomic E-state index is -0.230. The quantitative estimate of drug-likeness (QED) is 0.774. The van der Waals surface area contributed by atoms with Crippen molar-refractivity contribution in [2.75, 3.05) is 26.3 Å². The number of nitrogens with one attached hydrogen (secondary N) is 3. The molecule has 2 heterocycles. The first-order valence-electron chi connectivity index (χ1n) is 5.30. The molecule has 0 bridgehead atoms. The maximum absolute atomic E-state index is 11.7. The lowest BCUT2D eigenvalue weighted by Gasteiger charge is -2.23. The molecule has 0 aromatic carbocycles. The van der Waals surface area contributed by atoms with Gasteiger partial charge in [0.25, 0.3) is 5.91 Å². The Kier molecular flexibility index (Phi) is 4.28. The number of amides is 1. The van der Waals surface area contributed by atoms with E-state index in [0.29, 0.717) is 30.5 Å². The van der Waals surface area contributed by atoms with Gasteiger partial charge in [-0.3, -0.25) is 4.79 Å². The van der Waals surface area contributed by atoms with Gasteiger partial charge < -0.3 is 20.4 Å². The highest BCUT2D eigenvalue weighted by atomic mass is 35.5. The van der Waals surface area contributed by atoms with Crippen molar-refractivity contribution in [3.8, 4) is 0 Å². The van der Waals surface area contributed by atoms with Crippen molar-refractivity contribution < 1.29 is 9.53 Å². The van der Waals surface area contributed by atoms with Crippen LogP contribution in [0, 0.1) is 0 Å². The van der Waals surface area contributed by atoms with Gasteiger partial charge in [0.1, 0.15) is 10.8 Å². The van der Waals surface area contributed by atoms with E-state index in [-0.39, 0.29) is 17.1 Å². The minimum absolute atomic E-state index is 0.147. The standard InChI is InChI=1S/C10H13Cl2N3O2/c11-7-3-8(15-9(7)12)10(16)14-4-6-5-17-2-1-13-6/h3,6,13,15H,1-2,4-5H2,(H,14,16). The molecule has 1 aliphatic heterocycles. The van der Waals surface area contributed by atoms with E-state index >= 15 is 0 Å². The summed E-state index contributed by atoms with van der Waals surface area (Å²) in [6.45, 7) is 2.63. The molecule has 17 heavy (non-hydrogen) atoms. The summed E-state index contributed by atoms with van der Waals surface area (Å²) in [5, 5.41) is 6.64. The van der Waals surface area contributed by atoms with Gasteiger partial charge >= 0.3 is 0 Å². The first-order chi connectivity index (χ1) is 8.16. The second-order valence-electron chi connectivity index (χ2n) is 3.78. The highest BCUT2D eigenvalue weighted by Crippen LogP contribution is 2.21. The fraction of sp³-hybridized carbons (Fsp3) is 0.500. The first-order valence-corrected chi connectivity index (χ1v) is 6.05. The van der Waals surface area contributed by atoms with E-state index in [0.717, 1.165) is 6.54 Å². The van der Waals surface area contributed by atoms with Crippen LogP contribution in [0.3, 0.4) is 0 Å². The van der Waals surface area contributed by atoms with Gasteiger partial charge in [-0.25, -0.2) is 0 Å². The first kappa shape index (κ1) is 12.7. The average molecular weight is 278 g/mol. The smallest absolute Gasteiger partial charge is 0.267 e. The second kappa shape index (κ2) is 5.73. The normalized spacial score (nSPS) is 20.2. The molecule has 3 N–H and O–H groups in total. The van der Waals surface area contributed by atoms with Gasteiger partial charge in [0.15, 0.2) is 0 Å². The largest absolute Gasteiger partial charge is 0.378 e. The number of H-pyrrole nitrogens is 1. The Morgan fingerprint density at radius 3 is 3.00 bits per heavy atom. The van der Waals surface area contributed by atoms with Crippen molar-refractivity contribution in [3.63, 3.8) is 0 Å². The Morgan fingerprint density at radius 2 is 2.41 bits per heavy atom. The van der Waals surface area contributed by atoms with E-state index in [1.165, 1.54) is 6.07 Å². The van der Waals surface area contributed by atoms with Crippen LogP contribution in [-0.2, 0) is 4.74 Å². The number of aromatic nitrogens is 1. The fourth-order valence-electron chi connectivity index (χ4n) is 1.59. The van der Waals surface area contributed by atoms with Crippen LogP contribution in [0.1, 0.15) is 10.5 Å². The number of aromatic amines is 1. The Hall–Kier alpha value is -0.750. The van der Waals surface area contributed by atoms with Gasteiger partial charge in [-0.1, -0.05) is 23.2 Å². The average Bonchev–Trinajstić information content (AvgIpc) is 2.68. The number of halogens is 2.